The summed E-state index contributed by atoms with van der Waals surface area (Å²) in [4.78, 5) is 12.6. The van der Waals surface area contributed by atoms with Crippen LogP contribution in [0.2, 0.25) is 5.02 Å². The van der Waals surface area contributed by atoms with Crippen molar-refractivity contribution < 1.29 is 14.4 Å². The second-order valence-electron chi connectivity index (χ2n) is 4.61. The summed E-state index contributed by atoms with van der Waals surface area (Å²) in [7, 11) is 0. The Kier molecular flexibility index (Phi) is 5.17. The average Bonchev–Trinajstić information content (AvgIpc) is 2.44. The van der Waals surface area contributed by atoms with Gasteiger partial charge in [0, 0.05) is 31.3 Å². The number of hydrogen-bond donors (Lipinski definition) is 0. The van der Waals surface area contributed by atoms with E-state index in [-0.39, 0.29) is 5.69 Å². The Bertz CT molecular complexity index is 490. The van der Waals surface area contributed by atoms with E-state index in [1.165, 1.54) is 12.1 Å². The maximum absolute atomic E-state index is 10.8. The molecule has 0 saturated carbocycles. The third-order valence-electron chi connectivity index (χ3n) is 3.26. The zero-order valence-corrected chi connectivity index (χ0v) is 12.1. The predicted octanol–water partition coefficient (Wildman–Crippen LogP) is 2.27. The van der Waals surface area contributed by atoms with E-state index < -0.39 is 4.92 Å². The molecule has 1 fully saturated rings. The highest BCUT2D eigenvalue weighted by molar-refractivity contribution is 6.31. The summed E-state index contributed by atoms with van der Waals surface area (Å²) in [6.45, 7) is 6.27. The normalized spacial score (nSPS) is 16.1. The number of morpholine rings is 1. The number of ether oxygens (including phenoxy) is 2. The number of non-ortho nitro benzene ring substituents is 1. The number of hydrogen-bond acceptors (Lipinski definition) is 5. The minimum absolute atomic E-state index is 0.0537. The molecule has 0 radical (unpaired) electrons. The number of halogens is 1. The molecule has 1 aromatic carbocycles. The molecular formula is C13H17ClN2O4. The first-order valence-corrected chi connectivity index (χ1v) is 6.83. The van der Waals surface area contributed by atoms with Crippen LogP contribution in [0, 0.1) is 17.0 Å². The van der Waals surface area contributed by atoms with E-state index in [9.17, 15) is 10.1 Å². The van der Waals surface area contributed by atoms with Gasteiger partial charge in [-0.2, -0.15) is 0 Å². The van der Waals surface area contributed by atoms with Gasteiger partial charge in [-0.1, -0.05) is 11.6 Å². The molecule has 1 saturated heterocycles. The minimum atomic E-state index is -0.472. The van der Waals surface area contributed by atoms with Crippen molar-refractivity contribution in [1.29, 1.82) is 0 Å². The van der Waals surface area contributed by atoms with E-state index in [2.05, 4.69) is 4.90 Å². The molecule has 2 rings (SSSR count). The zero-order valence-electron chi connectivity index (χ0n) is 11.3. The molecule has 7 heteroatoms. The lowest BCUT2D eigenvalue weighted by atomic mass is 10.2. The van der Waals surface area contributed by atoms with Crippen molar-refractivity contribution in [3.63, 3.8) is 0 Å². The van der Waals surface area contributed by atoms with Gasteiger partial charge in [0.2, 0.25) is 0 Å². The molecule has 0 amide bonds. The summed E-state index contributed by atoms with van der Waals surface area (Å²) in [5, 5.41) is 11.2. The van der Waals surface area contributed by atoms with Crippen molar-refractivity contribution in [1.82, 2.24) is 4.90 Å². The average molecular weight is 301 g/mol. The quantitative estimate of drug-likeness (QED) is 0.616. The molecule has 6 nitrogen and oxygen atoms in total. The summed E-state index contributed by atoms with van der Waals surface area (Å²) in [6.07, 6.45) is 0. The van der Waals surface area contributed by atoms with Crippen LogP contribution in [-0.2, 0) is 4.74 Å². The number of rotatable bonds is 5. The topological polar surface area (TPSA) is 64.8 Å². The standard InChI is InChI=1S/C13H17ClN2O4/c1-10-12(14)8-11(16(17)18)9-13(10)20-7-4-15-2-5-19-6-3-15/h8-9H,2-7H2,1H3. The van der Waals surface area contributed by atoms with Crippen molar-refractivity contribution in [2.75, 3.05) is 39.5 Å². The predicted molar refractivity (Wildman–Crippen MR) is 75.6 cm³/mol. The fourth-order valence-corrected chi connectivity index (χ4v) is 2.21. The summed E-state index contributed by atoms with van der Waals surface area (Å²) < 4.78 is 10.9. The lowest BCUT2D eigenvalue weighted by Gasteiger charge is -2.26. The third kappa shape index (κ3) is 3.82. The molecule has 0 aromatic heterocycles. The fraction of sp³-hybridized carbons (Fsp3) is 0.538. The van der Waals surface area contributed by atoms with Crippen molar-refractivity contribution >= 4 is 17.3 Å². The van der Waals surface area contributed by atoms with Crippen LogP contribution in [0.4, 0.5) is 5.69 Å². The van der Waals surface area contributed by atoms with Gasteiger partial charge in [-0.15, -0.1) is 0 Å². The van der Waals surface area contributed by atoms with Crippen LogP contribution in [-0.4, -0.2) is 49.3 Å². The zero-order chi connectivity index (χ0) is 14.5. The Morgan fingerprint density at radius 2 is 2.15 bits per heavy atom. The van der Waals surface area contributed by atoms with Crippen LogP contribution in [0.1, 0.15) is 5.56 Å². The van der Waals surface area contributed by atoms with Crippen LogP contribution < -0.4 is 4.74 Å². The number of benzene rings is 1. The van der Waals surface area contributed by atoms with Crippen molar-refractivity contribution in [3.05, 3.63) is 32.8 Å². The highest BCUT2D eigenvalue weighted by atomic mass is 35.5. The molecule has 20 heavy (non-hydrogen) atoms. The molecule has 1 aliphatic heterocycles. The molecular weight excluding hydrogens is 284 g/mol. The van der Waals surface area contributed by atoms with E-state index in [1.54, 1.807) is 6.92 Å². The Morgan fingerprint density at radius 1 is 1.45 bits per heavy atom. The van der Waals surface area contributed by atoms with Crippen LogP contribution in [0.25, 0.3) is 0 Å². The molecule has 0 spiro atoms. The smallest absolute Gasteiger partial charge is 0.274 e. The fourth-order valence-electron chi connectivity index (χ4n) is 2.00. The molecule has 0 unspecified atom stereocenters. The highest BCUT2D eigenvalue weighted by Crippen LogP contribution is 2.31. The molecule has 1 heterocycles. The molecule has 0 atom stereocenters. The second-order valence-corrected chi connectivity index (χ2v) is 5.02. The van der Waals surface area contributed by atoms with Crippen LogP contribution in [0.15, 0.2) is 12.1 Å². The molecule has 1 aromatic rings. The first kappa shape index (κ1) is 15.0. The summed E-state index contributed by atoms with van der Waals surface area (Å²) in [5.74, 6) is 0.470. The Morgan fingerprint density at radius 3 is 2.80 bits per heavy atom. The monoisotopic (exact) mass is 300 g/mol. The molecule has 0 aliphatic carbocycles. The molecule has 0 bridgehead atoms. The van der Waals surface area contributed by atoms with Gasteiger partial charge in [0.15, 0.2) is 0 Å². The van der Waals surface area contributed by atoms with E-state index in [0.717, 1.165) is 38.4 Å². The van der Waals surface area contributed by atoms with E-state index in [1.807, 2.05) is 0 Å². The minimum Gasteiger partial charge on any atom is -0.492 e. The SMILES string of the molecule is Cc1c(Cl)cc([N+](=O)[O-])cc1OCCN1CCOCC1. The number of nitrogens with zero attached hydrogens (tertiary/aromatic N) is 2. The van der Waals surface area contributed by atoms with Gasteiger partial charge >= 0.3 is 0 Å². The van der Waals surface area contributed by atoms with Crippen molar-refractivity contribution in [2.45, 2.75) is 6.92 Å². The maximum atomic E-state index is 10.8. The van der Waals surface area contributed by atoms with E-state index in [0.29, 0.717) is 17.4 Å². The van der Waals surface area contributed by atoms with Crippen LogP contribution in [0.5, 0.6) is 5.75 Å². The molecule has 110 valence electrons. The summed E-state index contributed by atoms with van der Waals surface area (Å²) in [6, 6.07) is 2.76. The lowest BCUT2D eigenvalue weighted by Crippen LogP contribution is -2.38. The van der Waals surface area contributed by atoms with Crippen LogP contribution >= 0.6 is 11.6 Å². The van der Waals surface area contributed by atoms with Gasteiger partial charge in [-0.05, 0) is 6.92 Å². The lowest BCUT2D eigenvalue weighted by molar-refractivity contribution is -0.384. The van der Waals surface area contributed by atoms with Gasteiger partial charge in [-0.3, -0.25) is 15.0 Å². The Balaban J connectivity index is 1.96. The van der Waals surface area contributed by atoms with E-state index >= 15 is 0 Å². The summed E-state index contributed by atoms with van der Waals surface area (Å²) in [5.41, 5.74) is 0.668. The number of nitro groups is 1. The second kappa shape index (κ2) is 6.88. The van der Waals surface area contributed by atoms with Gasteiger partial charge in [-0.25, -0.2) is 0 Å². The third-order valence-corrected chi connectivity index (χ3v) is 3.65. The van der Waals surface area contributed by atoms with Gasteiger partial charge in [0.25, 0.3) is 5.69 Å². The van der Waals surface area contributed by atoms with Crippen molar-refractivity contribution in [3.8, 4) is 5.75 Å². The highest BCUT2D eigenvalue weighted by Gasteiger charge is 2.15. The van der Waals surface area contributed by atoms with Crippen molar-refractivity contribution in [2.24, 2.45) is 0 Å². The maximum Gasteiger partial charge on any atom is 0.274 e. The van der Waals surface area contributed by atoms with Gasteiger partial charge in [0.1, 0.15) is 12.4 Å². The van der Waals surface area contributed by atoms with Gasteiger partial charge < -0.3 is 9.47 Å². The molecule has 0 N–H and O–H groups in total. The number of nitro benzene ring substituents is 1. The Hall–Kier alpha value is -1.37. The van der Waals surface area contributed by atoms with E-state index in [4.69, 9.17) is 21.1 Å². The Labute approximate surface area is 122 Å². The largest absolute Gasteiger partial charge is 0.492 e. The van der Waals surface area contributed by atoms with Crippen LogP contribution in [0.3, 0.4) is 0 Å². The first-order chi connectivity index (χ1) is 9.58. The van der Waals surface area contributed by atoms with Gasteiger partial charge in [0.05, 0.1) is 29.2 Å². The first-order valence-electron chi connectivity index (χ1n) is 6.45. The summed E-state index contributed by atoms with van der Waals surface area (Å²) >= 11 is 5.98. The molecule has 1 aliphatic rings.